The highest BCUT2D eigenvalue weighted by Crippen LogP contribution is 2.23. The quantitative estimate of drug-likeness (QED) is 0.755. The van der Waals surface area contributed by atoms with Gasteiger partial charge in [-0.05, 0) is 48.7 Å². The molecule has 0 heterocycles. The molecule has 0 fully saturated rings. The van der Waals surface area contributed by atoms with Gasteiger partial charge in [-0.25, -0.2) is 0 Å². The van der Waals surface area contributed by atoms with E-state index in [4.69, 9.17) is 16.3 Å². The average molecular weight is 304 g/mol. The normalized spacial score (nSPS) is 12.2. The van der Waals surface area contributed by atoms with Crippen molar-refractivity contribution in [2.45, 2.75) is 26.8 Å². The zero-order valence-corrected chi connectivity index (χ0v) is 13.5. The molecule has 2 aromatic carbocycles. The summed E-state index contributed by atoms with van der Waals surface area (Å²) in [5.74, 6) is 1.45. The van der Waals surface area contributed by atoms with Crippen LogP contribution in [0.25, 0.3) is 0 Å². The van der Waals surface area contributed by atoms with Crippen molar-refractivity contribution in [3.05, 3.63) is 59.1 Å². The lowest BCUT2D eigenvalue weighted by molar-refractivity contribution is 0.271. The minimum Gasteiger partial charge on any atom is -0.493 e. The maximum Gasteiger partial charge on any atom is 0.119 e. The Balaban J connectivity index is 1.97. The Hall–Kier alpha value is -1.67. The lowest BCUT2D eigenvalue weighted by Gasteiger charge is -2.16. The predicted molar refractivity (Wildman–Crippen MR) is 90.3 cm³/mol. The van der Waals surface area contributed by atoms with Crippen LogP contribution in [0.2, 0.25) is 5.02 Å². The number of rotatable bonds is 6. The Bertz CT molecular complexity index is 566. The molecule has 2 nitrogen and oxygen atoms in total. The first kappa shape index (κ1) is 15.7. The van der Waals surface area contributed by atoms with Crippen molar-refractivity contribution < 1.29 is 4.74 Å². The van der Waals surface area contributed by atoms with E-state index in [0.29, 0.717) is 5.92 Å². The minimum atomic E-state index is 0.211. The number of hydrogen-bond donors (Lipinski definition) is 1. The van der Waals surface area contributed by atoms with Crippen LogP contribution in [0, 0.1) is 5.92 Å². The van der Waals surface area contributed by atoms with E-state index in [1.165, 1.54) is 5.56 Å². The van der Waals surface area contributed by atoms with Crippen molar-refractivity contribution in [1.29, 1.82) is 0 Å². The SMILES string of the molecule is CC(C)COc1ccc(C(C)Nc2cccc(Cl)c2)cc1. The average Bonchev–Trinajstić information content (AvgIpc) is 2.45. The zero-order valence-electron chi connectivity index (χ0n) is 12.8. The zero-order chi connectivity index (χ0) is 15.2. The molecule has 0 bridgehead atoms. The Morgan fingerprint density at radius 2 is 1.76 bits per heavy atom. The van der Waals surface area contributed by atoms with Crippen molar-refractivity contribution in [2.24, 2.45) is 5.92 Å². The minimum absolute atomic E-state index is 0.211. The molecule has 0 aromatic heterocycles. The Morgan fingerprint density at radius 3 is 2.38 bits per heavy atom. The van der Waals surface area contributed by atoms with Crippen LogP contribution in [0.4, 0.5) is 5.69 Å². The van der Waals surface area contributed by atoms with Crippen LogP contribution in [0.3, 0.4) is 0 Å². The fourth-order valence-electron chi connectivity index (χ4n) is 2.03. The van der Waals surface area contributed by atoms with E-state index in [9.17, 15) is 0 Å². The molecule has 0 aliphatic rings. The lowest BCUT2D eigenvalue weighted by Crippen LogP contribution is -2.07. The summed E-state index contributed by atoms with van der Waals surface area (Å²) in [5.41, 5.74) is 2.24. The third-order valence-electron chi connectivity index (χ3n) is 3.17. The summed E-state index contributed by atoms with van der Waals surface area (Å²) in [7, 11) is 0. The molecule has 112 valence electrons. The first-order valence-electron chi connectivity index (χ1n) is 7.29. The number of anilines is 1. The van der Waals surface area contributed by atoms with E-state index >= 15 is 0 Å². The molecule has 1 N–H and O–H groups in total. The summed E-state index contributed by atoms with van der Waals surface area (Å²) >= 11 is 6.00. The van der Waals surface area contributed by atoms with Gasteiger partial charge in [-0.15, -0.1) is 0 Å². The predicted octanol–water partition coefficient (Wildman–Crippen LogP) is 5.55. The number of ether oxygens (including phenoxy) is 1. The summed E-state index contributed by atoms with van der Waals surface area (Å²) < 4.78 is 5.70. The largest absolute Gasteiger partial charge is 0.493 e. The highest BCUT2D eigenvalue weighted by Gasteiger charge is 2.06. The Morgan fingerprint density at radius 1 is 1.05 bits per heavy atom. The molecule has 2 rings (SSSR count). The number of benzene rings is 2. The van der Waals surface area contributed by atoms with Gasteiger partial charge >= 0.3 is 0 Å². The molecule has 0 spiro atoms. The molecule has 0 amide bonds. The summed E-state index contributed by atoms with van der Waals surface area (Å²) in [4.78, 5) is 0. The van der Waals surface area contributed by atoms with Gasteiger partial charge < -0.3 is 10.1 Å². The van der Waals surface area contributed by atoms with Crippen LogP contribution < -0.4 is 10.1 Å². The second kappa shape index (κ2) is 7.37. The summed E-state index contributed by atoms with van der Waals surface area (Å²) in [5, 5.41) is 4.18. The van der Waals surface area contributed by atoms with Crippen LogP contribution >= 0.6 is 11.6 Å². The fraction of sp³-hybridized carbons (Fsp3) is 0.333. The van der Waals surface area contributed by atoms with Crippen LogP contribution in [0.1, 0.15) is 32.4 Å². The Labute approximate surface area is 132 Å². The van der Waals surface area contributed by atoms with E-state index in [1.54, 1.807) is 0 Å². The van der Waals surface area contributed by atoms with Gasteiger partial charge in [0.1, 0.15) is 5.75 Å². The second-order valence-corrected chi connectivity index (χ2v) is 6.09. The van der Waals surface area contributed by atoms with Gasteiger partial charge in [-0.1, -0.05) is 43.6 Å². The van der Waals surface area contributed by atoms with Gasteiger partial charge in [0.05, 0.1) is 6.61 Å². The van der Waals surface area contributed by atoms with Gasteiger partial charge in [0, 0.05) is 16.8 Å². The van der Waals surface area contributed by atoms with Crippen molar-refractivity contribution >= 4 is 17.3 Å². The van der Waals surface area contributed by atoms with E-state index in [1.807, 2.05) is 36.4 Å². The number of hydrogen-bond acceptors (Lipinski definition) is 2. The van der Waals surface area contributed by atoms with Gasteiger partial charge in [-0.3, -0.25) is 0 Å². The van der Waals surface area contributed by atoms with E-state index < -0.39 is 0 Å². The van der Waals surface area contributed by atoms with E-state index in [-0.39, 0.29) is 6.04 Å². The first-order chi connectivity index (χ1) is 10.0. The molecule has 0 radical (unpaired) electrons. The molecule has 0 aliphatic heterocycles. The fourth-order valence-corrected chi connectivity index (χ4v) is 2.22. The van der Waals surface area contributed by atoms with Crippen LogP contribution in [-0.4, -0.2) is 6.61 Å². The maximum absolute atomic E-state index is 6.00. The third kappa shape index (κ3) is 4.98. The molecule has 0 saturated heterocycles. The van der Waals surface area contributed by atoms with E-state index in [0.717, 1.165) is 23.1 Å². The molecule has 3 heteroatoms. The van der Waals surface area contributed by atoms with Crippen LogP contribution in [0.15, 0.2) is 48.5 Å². The highest BCUT2D eigenvalue weighted by molar-refractivity contribution is 6.30. The van der Waals surface area contributed by atoms with Crippen molar-refractivity contribution in [1.82, 2.24) is 0 Å². The summed E-state index contributed by atoms with van der Waals surface area (Å²) in [6.45, 7) is 7.16. The number of halogens is 1. The highest BCUT2D eigenvalue weighted by atomic mass is 35.5. The van der Waals surface area contributed by atoms with E-state index in [2.05, 4.69) is 38.2 Å². The van der Waals surface area contributed by atoms with Gasteiger partial charge in [0.25, 0.3) is 0 Å². The molecule has 0 aliphatic carbocycles. The molecule has 1 unspecified atom stereocenters. The number of nitrogens with one attached hydrogen (secondary N) is 1. The molecular formula is C18H22ClNO. The van der Waals surface area contributed by atoms with Gasteiger partial charge in [-0.2, -0.15) is 0 Å². The standard InChI is InChI=1S/C18H22ClNO/c1-13(2)12-21-18-9-7-15(8-10-18)14(3)20-17-6-4-5-16(19)11-17/h4-11,13-14,20H,12H2,1-3H3. The van der Waals surface area contributed by atoms with Crippen molar-refractivity contribution in [3.8, 4) is 5.75 Å². The molecular weight excluding hydrogens is 282 g/mol. The lowest BCUT2D eigenvalue weighted by atomic mass is 10.1. The van der Waals surface area contributed by atoms with Gasteiger partial charge in [0.2, 0.25) is 0 Å². The first-order valence-corrected chi connectivity index (χ1v) is 7.67. The topological polar surface area (TPSA) is 21.3 Å². The van der Waals surface area contributed by atoms with Crippen LogP contribution in [0.5, 0.6) is 5.75 Å². The smallest absolute Gasteiger partial charge is 0.119 e. The third-order valence-corrected chi connectivity index (χ3v) is 3.41. The molecule has 2 aromatic rings. The van der Waals surface area contributed by atoms with Crippen molar-refractivity contribution in [3.63, 3.8) is 0 Å². The maximum atomic E-state index is 6.00. The molecule has 1 atom stereocenters. The summed E-state index contributed by atoms with van der Waals surface area (Å²) in [6, 6.07) is 16.2. The monoisotopic (exact) mass is 303 g/mol. The van der Waals surface area contributed by atoms with Crippen LogP contribution in [-0.2, 0) is 0 Å². The summed E-state index contributed by atoms with van der Waals surface area (Å²) in [6.07, 6.45) is 0. The Kier molecular flexibility index (Phi) is 5.51. The second-order valence-electron chi connectivity index (χ2n) is 5.65. The molecule has 21 heavy (non-hydrogen) atoms. The van der Waals surface area contributed by atoms with Gasteiger partial charge in [0.15, 0.2) is 0 Å². The molecule has 0 saturated carbocycles. The van der Waals surface area contributed by atoms with Crippen molar-refractivity contribution in [2.75, 3.05) is 11.9 Å².